The molecule has 1 aromatic heterocycles. The minimum Gasteiger partial charge on any atom is -0.497 e. The molecular formula is C22H25F9N4O3. The van der Waals surface area contributed by atoms with E-state index in [9.17, 15) is 44.7 Å². The zero-order chi connectivity index (χ0) is 28.3. The topological polar surface area (TPSA) is 93.3 Å². The monoisotopic (exact) mass is 564 g/mol. The van der Waals surface area contributed by atoms with E-state index in [1.54, 1.807) is 0 Å². The van der Waals surface area contributed by atoms with E-state index < -0.39 is 89.8 Å². The smallest absolute Gasteiger partial charge is 0.400 e. The van der Waals surface area contributed by atoms with Crippen molar-refractivity contribution in [2.24, 2.45) is 23.5 Å². The van der Waals surface area contributed by atoms with Gasteiger partial charge in [0, 0.05) is 24.7 Å². The van der Waals surface area contributed by atoms with Gasteiger partial charge in [-0.25, -0.2) is 18.0 Å². The molecule has 7 nitrogen and oxygen atoms in total. The normalized spacial score (nSPS) is 27.0. The van der Waals surface area contributed by atoms with Crippen LogP contribution >= 0.6 is 0 Å². The molecule has 2 fully saturated rings. The molecular weight excluding hydrogens is 539 g/mol. The number of halogens is 9. The summed E-state index contributed by atoms with van der Waals surface area (Å²) in [5.74, 6) is -6.30. The maximum absolute atomic E-state index is 15.9. The highest BCUT2D eigenvalue weighted by Crippen LogP contribution is 2.46. The number of alkyl halides is 9. The summed E-state index contributed by atoms with van der Waals surface area (Å²) in [6.07, 6.45) is -17.8. The van der Waals surface area contributed by atoms with Gasteiger partial charge in [-0.3, -0.25) is 19.2 Å². The summed E-state index contributed by atoms with van der Waals surface area (Å²) >= 11 is 0. The molecule has 0 aromatic carbocycles. The fourth-order valence-electron chi connectivity index (χ4n) is 5.61. The average Bonchev–Trinajstić information content (AvgIpc) is 3.54. The second-order valence-electron chi connectivity index (χ2n) is 9.84. The van der Waals surface area contributed by atoms with Crippen molar-refractivity contribution in [1.82, 2.24) is 14.5 Å². The van der Waals surface area contributed by atoms with Gasteiger partial charge in [-0.05, 0) is 37.6 Å². The molecule has 4 atom stereocenters. The third kappa shape index (κ3) is 4.96. The molecule has 3 aliphatic rings. The molecule has 3 N–H and O–H groups in total. The predicted octanol–water partition coefficient (Wildman–Crippen LogP) is 1.40. The van der Waals surface area contributed by atoms with Crippen molar-refractivity contribution >= 4 is 11.3 Å². The van der Waals surface area contributed by atoms with Crippen LogP contribution in [0.15, 0.2) is 9.59 Å². The second-order valence-corrected chi connectivity index (χ2v) is 9.84. The minimum absolute atomic E-state index is 0.315. The Morgan fingerprint density at radius 3 is 2.11 bits per heavy atom. The first-order valence-corrected chi connectivity index (χ1v) is 11.8. The molecule has 1 saturated heterocycles. The summed E-state index contributed by atoms with van der Waals surface area (Å²) in [6, 6.07) is -2.23. The maximum Gasteiger partial charge on any atom is 0.400 e. The van der Waals surface area contributed by atoms with E-state index in [1.165, 1.54) is 0 Å². The summed E-state index contributed by atoms with van der Waals surface area (Å²) < 4.78 is 130. The Kier molecular flexibility index (Phi) is 7.44. The van der Waals surface area contributed by atoms with Crippen LogP contribution in [0.3, 0.4) is 0 Å². The van der Waals surface area contributed by atoms with E-state index in [4.69, 9.17) is 10.5 Å². The fourth-order valence-corrected chi connectivity index (χ4v) is 5.61. The summed E-state index contributed by atoms with van der Waals surface area (Å²) in [7, 11) is 1.05. The highest BCUT2D eigenvalue weighted by molar-refractivity contribution is 5.63. The summed E-state index contributed by atoms with van der Waals surface area (Å²) in [4.78, 5) is 28.2. The van der Waals surface area contributed by atoms with Crippen molar-refractivity contribution in [2.75, 3.05) is 26.7 Å². The molecule has 38 heavy (non-hydrogen) atoms. The molecule has 2 heterocycles. The van der Waals surface area contributed by atoms with Crippen LogP contribution in [0.2, 0.25) is 0 Å². The van der Waals surface area contributed by atoms with Gasteiger partial charge in [0.25, 0.3) is 12.0 Å². The number of nitrogens with one attached hydrogen (secondary N) is 1. The van der Waals surface area contributed by atoms with Crippen molar-refractivity contribution in [3.8, 4) is 0 Å². The van der Waals surface area contributed by atoms with Crippen LogP contribution in [0.4, 0.5) is 39.5 Å². The molecule has 0 radical (unpaired) electrons. The average molecular weight is 564 g/mol. The van der Waals surface area contributed by atoms with Gasteiger partial charge in [0.1, 0.15) is 11.8 Å². The number of methoxy groups -OCH3 is 1. The van der Waals surface area contributed by atoms with Crippen LogP contribution in [-0.2, 0) is 4.74 Å². The first-order valence-electron chi connectivity index (χ1n) is 11.8. The number of ether oxygens (including phenoxy) is 1. The lowest BCUT2D eigenvalue weighted by atomic mass is 9.86. The number of nitrogens with two attached hydrogens (primary N) is 1. The first kappa shape index (κ1) is 28.5. The number of H-pyrrole nitrogens is 1. The molecule has 214 valence electrons. The number of hydrogen-bond donors (Lipinski definition) is 2. The lowest BCUT2D eigenvalue weighted by Crippen LogP contribution is -2.63. The molecule has 1 aromatic rings. The van der Waals surface area contributed by atoms with E-state index in [-0.39, 0.29) is 24.2 Å². The minimum atomic E-state index is -5.60. The van der Waals surface area contributed by atoms with Crippen molar-refractivity contribution < 1.29 is 44.3 Å². The second kappa shape index (κ2) is 9.92. The Morgan fingerprint density at radius 2 is 1.63 bits per heavy atom. The third-order valence-corrected chi connectivity index (χ3v) is 7.51. The Balaban J connectivity index is 1.85. The van der Waals surface area contributed by atoms with E-state index in [0.29, 0.717) is 12.8 Å². The lowest BCUT2D eigenvalue weighted by Gasteiger charge is -2.35. The van der Waals surface area contributed by atoms with Gasteiger partial charge in [-0.1, -0.05) is 0 Å². The van der Waals surface area contributed by atoms with Crippen molar-refractivity contribution in [3.63, 3.8) is 0 Å². The number of rotatable bonds is 7. The van der Waals surface area contributed by atoms with Crippen LogP contribution in [0.25, 0.3) is 11.3 Å². The van der Waals surface area contributed by atoms with Crippen LogP contribution in [0.5, 0.6) is 0 Å². The van der Waals surface area contributed by atoms with Gasteiger partial charge in [0.2, 0.25) is 0 Å². The molecule has 0 spiro atoms. The molecule has 2 aliphatic carbocycles. The number of aromatic nitrogens is 2. The molecule has 4 rings (SSSR count). The van der Waals surface area contributed by atoms with Gasteiger partial charge in [-0.2, -0.15) is 26.3 Å². The van der Waals surface area contributed by atoms with Crippen LogP contribution < -0.4 is 27.6 Å². The molecule has 1 saturated carbocycles. The highest BCUT2D eigenvalue weighted by atomic mass is 19.4. The largest absolute Gasteiger partial charge is 0.497 e. The van der Waals surface area contributed by atoms with Crippen molar-refractivity contribution in [2.45, 2.75) is 56.3 Å². The van der Waals surface area contributed by atoms with Crippen molar-refractivity contribution in [3.05, 3.63) is 31.4 Å². The van der Waals surface area contributed by atoms with Gasteiger partial charge >= 0.3 is 18.0 Å². The summed E-state index contributed by atoms with van der Waals surface area (Å²) in [6.45, 7) is -1.19. The third-order valence-electron chi connectivity index (χ3n) is 7.51. The quantitative estimate of drug-likeness (QED) is 0.489. The molecule has 16 heteroatoms. The molecule has 4 unspecified atom stereocenters. The Morgan fingerprint density at radius 1 is 1.05 bits per heavy atom. The predicted molar refractivity (Wildman–Crippen MR) is 115 cm³/mol. The SMILES string of the molecule is COC1=c2c(c(=O)[nH]c(=O)n2C2CC2)=C(C(F)F)C(F)C1N1CC(CN)C(CC(C(F)(F)F)C(F)(F)F)C1. The van der Waals surface area contributed by atoms with E-state index in [2.05, 4.69) is 0 Å². The Labute approximate surface area is 208 Å². The fraction of sp³-hybridized carbons (Fsp3) is 0.727. The van der Waals surface area contributed by atoms with E-state index in [0.717, 1.165) is 16.6 Å². The lowest BCUT2D eigenvalue weighted by molar-refractivity contribution is -0.288. The van der Waals surface area contributed by atoms with E-state index in [1.807, 2.05) is 4.98 Å². The number of nitrogens with zero attached hydrogens (tertiary/aromatic N) is 2. The van der Waals surface area contributed by atoms with Gasteiger partial charge in [0.15, 0.2) is 12.1 Å². The van der Waals surface area contributed by atoms with Crippen molar-refractivity contribution in [1.29, 1.82) is 0 Å². The van der Waals surface area contributed by atoms with Crippen LogP contribution in [0, 0.1) is 17.8 Å². The number of hydrogen-bond acceptors (Lipinski definition) is 5. The van der Waals surface area contributed by atoms with Crippen LogP contribution in [0.1, 0.15) is 25.3 Å². The van der Waals surface area contributed by atoms with Crippen LogP contribution in [-0.4, -0.2) is 72.2 Å². The molecule has 0 amide bonds. The Hall–Kier alpha value is -2.49. The number of likely N-dealkylation sites (tertiary alicyclic amines) is 1. The zero-order valence-corrected chi connectivity index (χ0v) is 19.9. The summed E-state index contributed by atoms with van der Waals surface area (Å²) in [5.41, 5.74) is 2.20. The summed E-state index contributed by atoms with van der Waals surface area (Å²) in [5, 5.41) is -1.14. The van der Waals surface area contributed by atoms with Gasteiger partial charge < -0.3 is 10.5 Å². The van der Waals surface area contributed by atoms with E-state index >= 15 is 4.39 Å². The first-order chi connectivity index (χ1) is 17.6. The van der Waals surface area contributed by atoms with Gasteiger partial charge in [0.05, 0.1) is 17.7 Å². The highest BCUT2D eigenvalue weighted by Gasteiger charge is 2.58. The van der Waals surface area contributed by atoms with Gasteiger partial charge in [-0.15, -0.1) is 0 Å². The standard InChI is InChI=1S/C22H25F9N4O3/c1-38-17-15-13(19(36)33-20(37)35(15)10-2-3-10)12(18(24)25)14(23)16(17)34-6-8(9(5-32)7-34)4-11(21(26,27)28)22(29,30)31/h8-11,14,16,18H,2-7,32H2,1H3,(H,33,36,37). The zero-order valence-electron chi connectivity index (χ0n) is 19.9. The Bertz CT molecular complexity index is 1290. The molecule has 1 aliphatic heterocycles. The molecule has 0 bridgehead atoms. The maximum atomic E-state index is 15.9. The number of fused-ring (bicyclic) bond motifs is 1. The number of aromatic amines is 1.